The molecule has 0 spiro atoms. The molecule has 2 aromatic rings. The summed E-state index contributed by atoms with van der Waals surface area (Å²) in [7, 11) is 1.77. The third-order valence-electron chi connectivity index (χ3n) is 2.94. The van der Waals surface area contributed by atoms with Crippen LogP contribution in [0.15, 0.2) is 30.5 Å². The fraction of sp³-hybridized carbons (Fsp3) is 0.308. The van der Waals surface area contributed by atoms with E-state index in [0.717, 1.165) is 11.1 Å². The molecule has 1 aromatic heterocycles. The van der Waals surface area contributed by atoms with Gasteiger partial charge in [-0.25, -0.2) is 0 Å². The van der Waals surface area contributed by atoms with Crippen molar-refractivity contribution in [1.82, 2.24) is 9.78 Å². The van der Waals surface area contributed by atoms with E-state index in [-0.39, 0.29) is 0 Å². The summed E-state index contributed by atoms with van der Waals surface area (Å²) in [6, 6.07) is 7.74. The molecule has 0 radical (unpaired) electrons. The van der Waals surface area contributed by atoms with Crippen molar-refractivity contribution in [3.05, 3.63) is 52.3 Å². The lowest BCUT2D eigenvalue weighted by Gasteiger charge is -2.25. The van der Waals surface area contributed by atoms with E-state index in [1.807, 2.05) is 31.2 Å². The zero-order chi connectivity index (χ0) is 12.6. The summed E-state index contributed by atoms with van der Waals surface area (Å²) in [6.45, 7) is 3.72. The second-order valence-electron chi connectivity index (χ2n) is 4.41. The number of halogens is 1. The molecule has 0 saturated heterocycles. The van der Waals surface area contributed by atoms with Gasteiger partial charge < -0.3 is 5.11 Å². The van der Waals surface area contributed by atoms with Gasteiger partial charge in [-0.05, 0) is 19.4 Å². The van der Waals surface area contributed by atoms with E-state index in [2.05, 4.69) is 5.10 Å². The van der Waals surface area contributed by atoms with Crippen LogP contribution in [0.4, 0.5) is 0 Å². The second-order valence-corrected chi connectivity index (χ2v) is 4.81. The van der Waals surface area contributed by atoms with Crippen LogP contribution >= 0.6 is 11.6 Å². The first-order valence-corrected chi connectivity index (χ1v) is 5.78. The fourth-order valence-corrected chi connectivity index (χ4v) is 2.39. The number of nitrogens with zero attached hydrogens (tertiary/aromatic N) is 2. The molecule has 17 heavy (non-hydrogen) atoms. The maximum Gasteiger partial charge on any atom is 0.130 e. The monoisotopic (exact) mass is 250 g/mol. The highest BCUT2D eigenvalue weighted by Gasteiger charge is 2.31. The molecule has 1 unspecified atom stereocenters. The zero-order valence-electron chi connectivity index (χ0n) is 10.1. The van der Waals surface area contributed by atoms with E-state index in [1.54, 1.807) is 24.9 Å². The maximum atomic E-state index is 10.7. The van der Waals surface area contributed by atoms with Gasteiger partial charge in [0.2, 0.25) is 0 Å². The van der Waals surface area contributed by atoms with Crippen LogP contribution in [0.5, 0.6) is 0 Å². The predicted octanol–water partition coefficient (Wildman–Crippen LogP) is 2.64. The van der Waals surface area contributed by atoms with E-state index in [4.69, 9.17) is 11.6 Å². The lowest BCUT2D eigenvalue weighted by atomic mass is 9.91. The van der Waals surface area contributed by atoms with Gasteiger partial charge >= 0.3 is 0 Å². The van der Waals surface area contributed by atoms with Gasteiger partial charge in [0.1, 0.15) is 5.60 Å². The third kappa shape index (κ3) is 2.08. The first-order chi connectivity index (χ1) is 7.93. The van der Waals surface area contributed by atoms with Crippen molar-refractivity contribution >= 4 is 11.6 Å². The van der Waals surface area contributed by atoms with Crippen molar-refractivity contribution in [2.24, 2.45) is 7.05 Å². The van der Waals surface area contributed by atoms with E-state index in [9.17, 15) is 5.11 Å². The molecule has 1 heterocycles. The normalized spacial score (nSPS) is 14.6. The maximum absolute atomic E-state index is 10.7. The molecule has 1 atom stereocenters. The van der Waals surface area contributed by atoms with Crippen LogP contribution in [0.1, 0.15) is 23.7 Å². The highest BCUT2D eigenvalue weighted by atomic mass is 35.5. The minimum Gasteiger partial charge on any atom is -0.379 e. The van der Waals surface area contributed by atoms with Gasteiger partial charge in [0.15, 0.2) is 0 Å². The quantitative estimate of drug-likeness (QED) is 0.890. The van der Waals surface area contributed by atoms with Crippen LogP contribution in [-0.2, 0) is 12.6 Å². The first-order valence-electron chi connectivity index (χ1n) is 5.40. The van der Waals surface area contributed by atoms with Gasteiger partial charge in [0, 0.05) is 7.05 Å². The molecule has 90 valence electrons. The molecular weight excluding hydrogens is 236 g/mol. The number of aliphatic hydroxyl groups is 1. The van der Waals surface area contributed by atoms with Crippen molar-refractivity contribution in [2.45, 2.75) is 19.4 Å². The Balaban J connectivity index is 2.57. The minimum atomic E-state index is -1.14. The summed E-state index contributed by atoms with van der Waals surface area (Å²) in [6.07, 6.45) is 1.54. The Labute approximate surface area is 106 Å². The molecule has 2 rings (SSSR count). The van der Waals surface area contributed by atoms with Crippen LogP contribution in [0.25, 0.3) is 0 Å². The molecule has 3 nitrogen and oxygen atoms in total. The number of rotatable bonds is 2. The van der Waals surface area contributed by atoms with Gasteiger partial charge in [0.05, 0.1) is 16.9 Å². The Morgan fingerprint density at radius 2 is 2.12 bits per heavy atom. The van der Waals surface area contributed by atoms with E-state index < -0.39 is 5.60 Å². The molecule has 0 amide bonds. The molecule has 0 aliphatic heterocycles. The number of aromatic nitrogens is 2. The van der Waals surface area contributed by atoms with Crippen LogP contribution in [-0.4, -0.2) is 14.9 Å². The standard InChI is InChI=1S/C13H15ClN2O/c1-9-5-4-6-10(7-9)13(2,17)12-11(14)8-15-16(12)3/h4-8,17H,1-3H3. The zero-order valence-corrected chi connectivity index (χ0v) is 10.9. The van der Waals surface area contributed by atoms with E-state index in [1.165, 1.54) is 0 Å². The highest BCUT2D eigenvalue weighted by molar-refractivity contribution is 6.31. The second kappa shape index (κ2) is 4.17. The van der Waals surface area contributed by atoms with Crippen molar-refractivity contribution in [3.63, 3.8) is 0 Å². The van der Waals surface area contributed by atoms with Gasteiger partial charge in [-0.1, -0.05) is 41.4 Å². The first kappa shape index (κ1) is 12.1. The van der Waals surface area contributed by atoms with E-state index in [0.29, 0.717) is 10.7 Å². The number of benzene rings is 1. The smallest absolute Gasteiger partial charge is 0.130 e. The van der Waals surface area contributed by atoms with Gasteiger partial charge in [-0.2, -0.15) is 5.10 Å². The average Bonchev–Trinajstić information content (AvgIpc) is 2.59. The Bertz CT molecular complexity index is 527. The lowest BCUT2D eigenvalue weighted by Crippen LogP contribution is -2.26. The highest BCUT2D eigenvalue weighted by Crippen LogP contribution is 2.33. The van der Waals surface area contributed by atoms with Crippen LogP contribution in [0.3, 0.4) is 0 Å². The van der Waals surface area contributed by atoms with Gasteiger partial charge in [0.25, 0.3) is 0 Å². The molecule has 0 aliphatic rings. The van der Waals surface area contributed by atoms with Crippen LogP contribution in [0, 0.1) is 6.92 Å². The number of hydrogen-bond acceptors (Lipinski definition) is 2. The van der Waals surface area contributed by atoms with Crippen LogP contribution < -0.4 is 0 Å². The Morgan fingerprint density at radius 1 is 1.41 bits per heavy atom. The molecule has 1 N–H and O–H groups in total. The molecule has 0 aliphatic carbocycles. The average molecular weight is 251 g/mol. The Kier molecular flexibility index (Phi) is 2.98. The summed E-state index contributed by atoms with van der Waals surface area (Å²) >= 11 is 6.08. The molecular formula is C13H15ClN2O. The summed E-state index contributed by atoms with van der Waals surface area (Å²) in [5.74, 6) is 0. The minimum absolute atomic E-state index is 0.471. The summed E-state index contributed by atoms with van der Waals surface area (Å²) in [4.78, 5) is 0. The molecule has 0 fully saturated rings. The van der Waals surface area contributed by atoms with Crippen molar-refractivity contribution in [2.75, 3.05) is 0 Å². The molecule has 0 saturated carbocycles. The summed E-state index contributed by atoms with van der Waals surface area (Å²) in [5.41, 5.74) is 1.36. The SMILES string of the molecule is Cc1cccc(C(C)(O)c2c(Cl)cnn2C)c1. The van der Waals surface area contributed by atoms with Crippen molar-refractivity contribution < 1.29 is 5.11 Å². The summed E-state index contributed by atoms with van der Waals surface area (Å²) < 4.78 is 1.60. The van der Waals surface area contributed by atoms with Gasteiger partial charge in [-0.3, -0.25) is 4.68 Å². The topological polar surface area (TPSA) is 38.1 Å². The van der Waals surface area contributed by atoms with Gasteiger partial charge in [-0.15, -0.1) is 0 Å². The summed E-state index contributed by atoms with van der Waals surface area (Å²) in [5, 5.41) is 15.2. The van der Waals surface area contributed by atoms with Crippen molar-refractivity contribution in [1.29, 1.82) is 0 Å². The van der Waals surface area contributed by atoms with Crippen LogP contribution in [0.2, 0.25) is 5.02 Å². The number of aryl methyl sites for hydroxylation is 2. The van der Waals surface area contributed by atoms with E-state index >= 15 is 0 Å². The molecule has 1 aromatic carbocycles. The Hall–Kier alpha value is -1.32. The molecule has 0 bridgehead atoms. The number of hydrogen-bond donors (Lipinski definition) is 1. The lowest BCUT2D eigenvalue weighted by molar-refractivity contribution is 0.0929. The fourth-order valence-electron chi connectivity index (χ4n) is 2.04. The third-order valence-corrected chi connectivity index (χ3v) is 3.21. The predicted molar refractivity (Wildman–Crippen MR) is 68.1 cm³/mol. The molecule has 4 heteroatoms. The largest absolute Gasteiger partial charge is 0.379 e. The Morgan fingerprint density at radius 3 is 2.65 bits per heavy atom. The van der Waals surface area contributed by atoms with Crippen molar-refractivity contribution in [3.8, 4) is 0 Å².